The standard InChI is InChI=1S/C8H12.Hf/c1-7(2)8-5-3-4-6-8;/h3,5-7H,4H2,1-2H3;. The van der Waals surface area contributed by atoms with E-state index in [2.05, 4.69) is 32.1 Å². The van der Waals surface area contributed by atoms with Gasteiger partial charge in [0.2, 0.25) is 0 Å². The molecule has 1 aliphatic rings. The summed E-state index contributed by atoms with van der Waals surface area (Å²) in [7, 11) is 0. The molecule has 0 fully saturated rings. The molecule has 0 aromatic rings. The average molecular weight is 287 g/mol. The van der Waals surface area contributed by atoms with Crippen molar-refractivity contribution in [1.82, 2.24) is 0 Å². The van der Waals surface area contributed by atoms with E-state index in [0.29, 0.717) is 5.92 Å². The monoisotopic (exact) mass is 288 g/mol. The molecule has 0 aliphatic heterocycles. The molecule has 9 heavy (non-hydrogen) atoms. The minimum atomic E-state index is 0. The third-order valence-electron chi connectivity index (χ3n) is 1.47. The largest absolute Gasteiger partial charge is 0.0805 e. The van der Waals surface area contributed by atoms with Gasteiger partial charge in [0.1, 0.15) is 0 Å². The molecule has 1 heteroatoms. The second-order valence-electron chi connectivity index (χ2n) is 2.50. The normalized spacial score (nSPS) is 15.7. The fourth-order valence-corrected chi connectivity index (χ4v) is 0.904. The van der Waals surface area contributed by atoms with Crippen LogP contribution in [0.15, 0.2) is 23.8 Å². The Morgan fingerprint density at radius 2 is 2.11 bits per heavy atom. The summed E-state index contributed by atoms with van der Waals surface area (Å²) < 4.78 is 0. The van der Waals surface area contributed by atoms with Gasteiger partial charge >= 0.3 is 0 Å². The maximum atomic E-state index is 2.28. The number of hydrogen-bond donors (Lipinski definition) is 0. The maximum absolute atomic E-state index is 2.28. The molecule has 0 radical (unpaired) electrons. The van der Waals surface area contributed by atoms with Crippen molar-refractivity contribution in [2.45, 2.75) is 20.3 Å². The van der Waals surface area contributed by atoms with Crippen LogP contribution in [0.2, 0.25) is 0 Å². The van der Waals surface area contributed by atoms with E-state index in [-0.39, 0.29) is 25.8 Å². The van der Waals surface area contributed by atoms with Gasteiger partial charge in [0.05, 0.1) is 0 Å². The van der Waals surface area contributed by atoms with Gasteiger partial charge in [0, 0.05) is 25.8 Å². The zero-order valence-corrected chi connectivity index (χ0v) is 9.61. The van der Waals surface area contributed by atoms with Gasteiger partial charge in [-0.05, 0) is 17.9 Å². The van der Waals surface area contributed by atoms with Gasteiger partial charge in [-0.2, -0.15) is 0 Å². The van der Waals surface area contributed by atoms with Crippen LogP contribution in [0.1, 0.15) is 20.3 Å². The van der Waals surface area contributed by atoms with Gasteiger partial charge in [-0.3, -0.25) is 0 Å². The molecule has 0 unspecified atom stereocenters. The Morgan fingerprint density at radius 3 is 2.33 bits per heavy atom. The summed E-state index contributed by atoms with van der Waals surface area (Å²) in [5.41, 5.74) is 1.49. The molecule has 0 nitrogen and oxygen atoms in total. The van der Waals surface area contributed by atoms with Crippen molar-refractivity contribution in [3.8, 4) is 0 Å². The van der Waals surface area contributed by atoms with Gasteiger partial charge in [0.25, 0.3) is 0 Å². The topological polar surface area (TPSA) is 0 Å². The summed E-state index contributed by atoms with van der Waals surface area (Å²) >= 11 is 0. The first-order valence-corrected chi connectivity index (χ1v) is 3.17. The van der Waals surface area contributed by atoms with Crippen molar-refractivity contribution in [3.05, 3.63) is 23.8 Å². The Hall–Kier alpha value is 0.350. The minimum absolute atomic E-state index is 0. The third-order valence-corrected chi connectivity index (χ3v) is 1.47. The van der Waals surface area contributed by atoms with E-state index in [9.17, 15) is 0 Å². The van der Waals surface area contributed by atoms with Crippen molar-refractivity contribution in [1.29, 1.82) is 0 Å². The quantitative estimate of drug-likeness (QED) is 0.650. The Bertz CT molecular complexity index is 132. The van der Waals surface area contributed by atoms with E-state index in [1.165, 1.54) is 5.57 Å². The maximum Gasteiger partial charge on any atom is 0 e. The van der Waals surface area contributed by atoms with E-state index in [0.717, 1.165) is 6.42 Å². The van der Waals surface area contributed by atoms with Crippen molar-refractivity contribution >= 4 is 0 Å². The van der Waals surface area contributed by atoms with Crippen LogP contribution in [0.3, 0.4) is 0 Å². The molecule has 0 amide bonds. The van der Waals surface area contributed by atoms with Crippen LogP contribution in [0.4, 0.5) is 0 Å². The molecular formula is C8H12Hf. The van der Waals surface area contributed by atoms with Crippen LogP contribution < -0.4 is 0 Å². The van der Waals surface area contributed by atoms with Crippen LogP contribution >= 0.6 is 0 Å². The number of allylic oxidation sites excluding steroid dienone is 4. The molecule has 0 heterocycles. The summed E-state index contributed by atoms with van der Waals surface area (Å²) in [6, 6.07) is 0. The fraction of sp³-hybridized carbons (Fsp3) is 0.500. The van der Waals surface area contributed by atoms with E-state index in [1.54, 1.807) is 0 Å². The van der Waals surface area contributed by atoms with Crippen molar-refractivity contribution in [2.24, 2.45) is 5.92 Å². The second kappa shape index (κ2) is 4.21. The predicted molar refractivity (Wildman–Crippen MR) is 36.7 cm³/mol. The van der Waals surface area contributed by atoms with Crippen LogP contribution in [0.25, 0.3) is 0 Å². The van der Waals surface area contributed by atoms with Crippen LogP contribution in [0.5, 0.6) is 0 Å². The predicted octanol–water partition coefficient (Wildman–Crippen LogP) is 2.53. The number of hydrogen-bond acceptors (Lipinski definition) is 0. The van der Waals surface area contributed by atoms with Gasteiger partial charge in [0.15, 0.2) is 0 Å². The van der Waals surface area contributed by atoms with E-state index >= 15 is 0 Å². The summed E-state index contributed by atoms with van der Waals surface area (Å²) in [5.74, 6) is 0.716. The van der Waals surface area contributed by atoms with Crippen LogP contribution in [-0.4, -0.2) is 0 Å². The first-order valence-electron chi connectivity index (χ1n) is 3.17. The second-order valence-corrected chi connectivity index (χ2v) is 2.50. The molecule has 0 aromatic carbocycles. The summed E-state index contributed by atoms with van der Waals surface area (Å²) in [4.78, 5) is 0. The zero-order chi connectivity index (χ0) is 5.98. The molecule has 48 valence electrons. The van der Waals surface area contributed by atoms with Crippen molar-refractivity contribution < 1.29 is 25.8 Å². The summed E-state index contributed by atoms with van der Waals surface area (Å²) in [6.07, 6.45) is 7.85. The van der Waals surface area contributed by atoms with Gasteiger partial charge in [-0.25, -0.2) is 0 Å². The van der Waals surface area contributed by atoms with Crippen LogP contribution in [0, 0.1) is 5.92 Å². The third kappa shape index (κ3) is 2.61. The van der Waals surface area contributed by atoms with E-state index < -0.39 is 0 Å². The molecule has 1 aliphatic carbocycles. The molecule has 0 saturated heterocycles. The summed E-state index contributed by atoms with van der Waals surface area (Å²) in [5, 5.41) is 0. The van der Waals surface area contributed by atoms with Gasteiger partial charge < -0.3 is 0 Å². The van der Waals surface area contributed by atoms with Crippen LogP contribution in [-0.2, 0) is 25.8 Å². The van der Waals surface area contributed by atoms with Gasteiger partial charge in [-0.15, -0.1) is 0 Å². The first kappa shape index (κ1) is 9.35. The SMILES string of the molecule is CC(C)C1=CCC=C1.[Hf]. The summed E-state index contributed by atoms with van der Waals surface area (Å²) in [6.45, 7) is 4.45. The minimum Gasteiger partial charge on any atom is -0.0805 e. The average Bonchev–Trinajstić information content (AvgIpc) is 2.12. The Morgan fingerprint density at radius 1 is 1.44 bits per heavy atom. The Kier molecular flexibility index (Phi) is 4.37. The van der Waals surface area contributed by atoms with Crippen molar-refractivity contribution in [2.75, 3.05) is 0 Å². The Balaban J connectivity index is 0.000000640. The molecular weight excluding hydrogens is 275 g/mol. The molecule has 0 aromatic heterocycles. The number of rotatable bonds is 1. The van der Waals surface area contributed by atoms with Gasteiger partial charge in [-0.1, -0.05) is 32.1 Å². The molecule has 0 N–H and O–H groups in total. The fourth-order valence-electron chi connectivity index (χ4n) is 0.904. The molecule has 0 bridgehead atoms. The first-order chi connectivity index (χ1) is 3.80. The molecule has 1 rings (SSSR count). The molecule has 0 atom stereocenters. The molecule has 0 saturated carbocycles. The zero-order valence-electron chi connectivity index (χ0n) is 6.02. The van der Waals surface area contributed by atoms with E-state index in [4.69, 9.17) is 0 Å². The smallest absolute Gasteiger partial charge is 0 e. The molecule has 0 spiro atoms. The van der Waals surface area contributed by atoms with E-state index in [1.807, 2.05) is 0 Å². The van der Waals surface area contributed by atoms with Crippen molar-refractivity contribution in [3.63, 3.8) is 0 Å². The Labute approximate surface area is 75.8 Å².